The molecule has 0 saturated carbocycles. The predicted octanol–water partition coefficient (Wildman–Crippen LogP) is 3.14. The van der Waals surface area contributed by atoms with Crippen molar-refractivity contribution >= 4 is 23.3 Å². The van der Waals surface area contributed by atoms with Gasteiger partial charge in [0.1, 0.15) is 0 Å². The average molecular weight is 248 g/mol. The summed E-state index contributed by atoms with van der Waals surface area (Å²) in [7, 11) is 0. The standard InChI is InChI=1S/C13H16N2OS/c1-9-4-3-5-10-11(9)15(12(17)14-10)13(2)6-7-16-8-13/h3-5H,6-8H2,1-2H3,(H,14,17). The zero-order chi connectivity index (χ0) is 12.0. The van der Waals surface area contributed by atoms with Crippen LogP contribution in [0.5, 0.6) is 0 Å². The molecule has 1 aromatic carbocycles. The number of hydrogen-bond acceptors (Lipinski definition) is 2. The Balaban J connectivity index is 2.35. The van der Waals surface area contributed by atoms with Gasteiger partial charge in [-0.25, -0.2) is 0 Å². The minimum absolute atomic E-state index is 0.0125. The van der Waals surface area contributed by atoms with Gasteiger partial charge in [-0.1, -0.05) is 12.1 Å². The highest BCUT2D eigenvalue weighted by atomic mass is 32.1. The number of ether oxygens (including phenoxy) is 1. The minimum atomic E-state index is -0.0125. The van der Waals surface area contributed by atoms with Crippen molar-refractivity contribution in [3.8, 4) is 0 Å². The number of nitrogens with zero attached hydrogens (tertiary/aromatic N) is 1. The summed E-state index contributed by atoms with van der Waals surface area (Å²) in [6, 6.07) is 6.26. The Bertz CT molecular complexity index is 620. The topological polar surface area (TPSA) is 29.9 Å². The van der Waals surface area contributed by atoms with Gasteiger partial charge in [-0.2, -0.15) is 0 Å². The summed E-state index contributed by atoms with van der Waals surface area (Å²) in [5.41, 5.74) is 3.57. The van der Waals surface area contributed by atoms with Crippen LogP contribution < -0.4 is 0 Å². The van der Waals surface area contributed by atoms with Crippen molar-refractivity contribution in [2.24, 2.45) is 0 Å². The molecule has 1 aliphatic rings. The molecule has 1 unspecified atom stereocenters. The van der Waals surface area contributed by atoms with Gasteiger partial charge in [-0.15, -0.1) is 0 Å². The maximum absolute atomic E-state index is 5.55. The molecule has 2 aromatic rings. The number of aryl methyl sites for hydroxylation is 1. The highest BCUT2D eigenvalue weighted by Crippen LogP contribution is 2.32. The molecule has 3 nitrogen and oxygen atoms in total. The molecule has 17 heavy (non-hydrogen) atoms. The maximum atomic E-state index is 5.55. The largest absolute Gasteiger partial charge is 0.379 e. The SMILES string of the molecule is Cc1cccc2[nH]c(=S)n(C3(C)CCOC3)c12. The molecule has 1 aromatic heterocycles. The van der Waals surface area contributed by atoms with Crippen LogP contribution in [0.15, 0.2) is 18.2 Å². The van der Waals surface area contributed by atoms with Crippen LogP contribution in [0.2, 0.25) is 0 Å². The zero-order valence-electron chi connectivity index (χ0n) is 10.1. The van der Waals surface area contributed by atoms with Crippen LogP contribution in [-0.4, -0.2) is 22.8 Å². The first kappa shape index (κ1) is 11.0. The van der Waals surface area contributed by atoms with E-state index >= 15 is 0 Å². The predicted molar refractivity (Wildman–Crippen MR) is 70.9 cm³/mol. The van der Waals surface area contributed by atoms with E-state index in [2.05, 4.69) is 41.6 Å². The van der Waals surface area contributed by atoms with Crippen molar-refractivity contribution in [2.75, 3.05) is 13.2 Å². The number of para-hydroxylation sites is 1. The Labute approximate surface area is 105 Å². The fraction of sp³-hybridized carbons (Fsp3) is 0.462. The summed E-state index contributed by atoms with van der Waals surface area (Å²) >= 11 is 5.47. The number of rotatable bonds is 1. The van der Waals surface area contributed by atoms with Gasteiger partial charge >= 0.3 is 0 Å². The number of benzene rings is 1. The van der Waals surface area contributed by atoms with E-state index in [4.69, 9.17) is 17.0 Å². The van der Waals surface area contributed by atoms with Gasteiger partial charge in [0.15, 0.2) is 4.77 Å². The normalized spacial score (nSPS) is 24.6. The molecule has 0 bridgehead atoms. The first-order chi connectivity index (χ1) is 8.12. The van der Waals surface area contributed by atoms with Crippen molar-refractivity contribution in [3.63, 3.8) is 0 Å². The Kier molecular flexibility index (Phi) is 2.38. The second-order valence-corrected chi connectivity index (χ2v) is 5.42. The lowest BCUT2D eigenvalue weighted by Crippen LogP contribution is -2.30. The number of nitrogens with one attached hydrogen (secondary N) is 1. The third-order valence-corrected chi connectivity index (χ3v) is 3.93. The smallest absolute Gasteiger partial charge is 0.178 e. The van der Waals surface area contributed by atoms with Gasteiger partial charge < -0.3 is 14.3 Å². The Morgan fingerprint density at radius 3 is 3.00 bits per heavy atom. The summed E-state index contributed by atoms with van der Waals surface area (Å²) in [6.07, 6.45) is 1.02. The number of H-pyrrole nitrogens is 1. The molecule has 1 atom stereocenters. The van der Waals surface area contributed by atoms with E-state index in [9.17, 15) is 0 Å². The molecule has 1 aliphatic heterocycles. The van der Waals surface area contributed by atoms with E-state index in [1.54, 1.807) is 0 Å². The van der Waals surface area contributed by atoms with Gasteiger partial charge in [0, 0.05) is 6.61 Å². The van der Waals surface area contributed by atoms with Gasteiger partial charge in [0.05, 0.1) is 23.2 Å². The van der Waals surface area contributed by atoms with Gasteiger partial charge in [0.25, 0.3) is 0 Å². The minimum Gasteiger partial charge on any atom is -0.379 e. The van der Waals surface area contributed by atoms with E-state index in [1.807, 2.05) is 0 Å². The van der Waals surface area contributed by atoms with Crippen molar-refractivity contribution < 1.29 is 4.74 Å². The second-order valence-electron chi connectivity index (χ2n) is 5.04. The molecule has 1 N–H and O–H groups in total. The highest BCUT2D eigenvalue weighted by molar-refractivity contribution is 7.71. The van der Waals surface area contributed by atoms with Crippen molar-refractivity contribution in [3.05, 3.63) is 28.5 Å². The molecular formula is C13H16N2OS. The molecule has 0 aliphatic carbocycles. The van der Waals surface area contributed by atoms with Gasteiger partial charge in [-0.3, -0.25) is 0 Å². The average Bonchev–Trinajstić information content (AvgIpc) is 2.83. The molecular weight excluding hydrogens is 232 g/mol. The van der Waals surface area contributed by atoms with Gasteiger partial charge in [0.2, 0.25) is 0 Å². The van der Waals surface area contributed by atoms with Crippen LogP contribution in [0.1, 0.15) is 18.9 Å². The summed E-state index contributed by atoms with van der Waals surface area (Å²) in [6.45, 7) is 5.90. The number of aromatic amines is 1. The Hall–Kier alpha value is -1.13. The van der Waals surface area contributed by atoms with E-state index in [-0.39, 0.29) is 5.54 Å². The lowest BCUT2D eigenvalue weighted by Gasteiger charge is -2.25. The fourth-order valence-corrected chi connectivity index (χ4v) is 3.10. The zero-order valence-corrected chi connectivity index (χ0v) is 10.9. The van der Waals surface area contributed by atoms with Crippen molar-refractivity contribution in [1.29, 1.82) is 0 Å². The molecule has 0 spiro atoms. The van der Waals surface area contributed by atoms with Crippen molar-refractivity contribution in [1.82, 2.24) is 9.55 Å². The molecule has 3 rings (SSSR count). The van der Waals surface area contributed by atoms with E-state index in [0.29, 0.717) is 0 Å². The van der Waals surface area contributed by atoms with E-state index in [1.165, 1.54) is 11.1 Å². The maximum Gasteiger partial charge on any atom is 0.178 e. The Morgan fingerprint density at radius 1 is 1.47 bits per heavy atom. The molecule has 1 fully saturated rings. The summed E-state index contributed by atoms with van der Waals surface area (Å²) in [5, 5.41) is 0. The number of aromatic nitrogens is 2. The lowest BCUT2D eigenvalue weighted by atomic mass is 10.0. The lowest BCUT2D eigenvalue weighted by molar-refractivity contribution is 0.162. The fourth-order valence-electron chi connectivity index (χ4n) is 2.68. The second kappa shape index (κ2) is 3.68. The quantitative estimate of drug-likeness (QED) is 0.786. The van der Waals surface area contributed by atoms with Crippen LogP contribution in [0.4, 0.5) is 0 Å². The number of fused-ring (bicyclic) bond motifs is 1. The van der Waals surface area contributed by atoms with Crippen LogP contribution in [0.3, 0.4) is 0 Å². The molecule has 2 heterocycles. The summed E-state index contributed by atoms with van der Waals surface area (Å²) < 4.78 is 8.58. The first-order valence-corrected chi connectivity index (χ1v) is 6.31. The van der Waals surface area contributed by atoms with E-state index in [0.717, 1.165) is 29.9 Å². The third kappa shape index (κ3) is 1.55. The van der Waals surface area contributed by atoms with E-state index < -0.39 is 0 Å². The number of hydrogen-bond donors (Lipinski definition) is 1. The number of imidazole rings is 1. The third-order valence-electron chi connectivity index (χ3n) is 3.64. The van der Waals surface area contributed by atoms with Crippen molar-refractivity contribution in [2.45, 2.75) is 25.8 Å². The Morgan fingerprint density at radius 2 is 2.29 bits per heavy atom. The summed E-state index contributed by atoms with van der Waals surface area (Å²) in [4.78, 5) is 3.29. The summed E-state index contributed by atoms with van der Waals surface area (Å²) in [5.74, 6) is 0. The molecule has 0 amide bonds. The molecule has 90 valence electrons. The van der Waals surface area contributed by atoms with Crippen LogP contribution in [0.25, 0.3) is 11.0 Å². The van der Waals surface area contributed by atoms with Crippen LogP contribution >= 0.6 is 12.2 Å². The highest BCUT2D eigenvalue weighted by Gasteiger charge is 2.33. The van der Waals surface area contributed by atoms with Crippen LogP contribution in [-0.2, 0) is 10.3 Å². The first-order valence-electron chi connectivity index (χ1n) is 5.90. The monoisotopic (exact) mass is 248 g/mol. The van der Waals surface area contributed by atoms with Gasteiger partial charge in [-0.05, 0) is 44.1 Å². The molecule has 4 heteroatoms. The molecule has 0 radical (unpaired) electrons. The van der Waals surface area contributed by atoms with Crippen LogP contribution in [0, 0.1) is 11.7 Å². The molecule has 1 saturated heterocycles.